The Hall–Kier alpha value is -1.77. The Kier molecular flexibility index (Phi) is 4.28. The lowest BCUT2D eigenvalue weighted by Gasteiger charge is -2.24. The molecule has 1 aromatic carbocycles. The van der Waals surface area contributed by atoms with Crippen molar-refractivity contribution >= 4 is 22.3 Å². The van der Waals surface area contributed by atoms with Gasteiger partial charge >= 0.3 is 0 Å². The van der Waals surface area contributed by atoms with Crippen molar-refractivity contribution in [2.24, 2.45) is 5.92 Å². The molecule has 1 aliphatic heterocycles. The van der Waals surface area contributed by atoms with Crippen LogP contribution in [0.2, 0.25) is 0 Å². The first-order chi connectivity index (χ1) is 10.3. The van der Waals surface area contributed by atoms with Gasteiger partial charge in [0.25, 0.3) is 0 Å². The van der Waals surface area contributed by atoms with Gasteiger partial charge in [0.15, 0.2) is 0 Å². The summed E-state index contributed by atoms with van der Waals surface area (Å²) in [4.78, 5) is 6.98. The predicted octanol–water partition coefficient (Wildman–Crippen LogP) is 4.22. The number of hydrogen-bond acceptors (Lipinski definition) is 3. The summed E-state index contributed by atoms with van der Waals surface area (Å²) >= 11 is 0. The molecule has 2 aromatic rings. The van der Waals surface area contributed by atoms with Gasteiger partial charge in [-0.3, -0.25) is 4.98 Å². The third-order valence-corrected chi connectivity index (χ3v) is 4.66. The van der Waals surface area contributed by atoms with Crippen LogP contribution in [0.25, 0.3) is 10.9 Å². The minimum Gasteiger partial charge on any atom is -0.397 e. The van der Waals surface area contributed by atoms with Crippen LogP contribution in [-0.2, 0) is 0 Å². The van der Waals surface area contributed by atoms with Gasteiger partial charge in [-0.15, -0.1) is 0 Å². The van der Waals surface area contributed by atoms with Crippen LogP contribution in [0.5, 0.6) is 0 Å². The van der Waals surface area contributed by atoms with E-state index in [0.29, 0.717) is 0 Å². The van der Waals surface area contributed by atoms with Gasteiger partial charge in [0.05, 0.1) is 11.2 Å². The first-order valence-electron chi connectivity index (χ1n) is 8.17. The summed E-state index contributed by atoms with van der Waals surface area (Å²) < 4.78 is 0. The largest absolute Gasteiger partial charge is 0.397 e. The SMILES string of the molecule is CCCC1CCCN(c2ccnc3c(N)cccc23)CC1. The van der Waals surface area contributed by atoms with Gasteiger partial charge in [0, 0.05) is 30.4 Å². The molecule has 3 heteroatoms. The number of rotatable bonds is 3. The molecule has 0 saturated carbocycles. The highest BCUT2D eigenvalue weighted by atomic mass is 15.1. The van der Waals surface area contributed by atoms with Crippen molar-refractivity contribution in [1.82, 2.24) is 4.98 Å². The number of nitrogens with zero attached hydrogens (tertiary/aromatic N) is 2. The van der Waals surface area contributed by atoms with Gasteiger partial charge in [-0.05, 0) is 37.3 Å². The molecule has 1 saturated heterocycles. The lowest BCUT2D eigenvalue weighted by molar-refractivity contribution is 0.435. The molecule has 3 nitrogen and oxygen atoms in total. The van der Waals surface area contributed by atoms with Crippen LogP contribution in [0.1, 0.15) is 39.0 Å². The number of anilines is 2. The van der Waals surface area contributed by atoms with E-state index >= 15 is 0 Å². The minimum absolute atomic E-state index is 0.771. The average Bonchev–Trinajstić information content (AvgIpc) is 2.73. The van der Waals surface area contributed by atoms with Gasteiger partial charge in [-0.1, -0.05) is 31.9 Å². The Morgan fingerprint density at radius 1 is 1.24 bits per heavy atom. The van der Waals surface area contributed by atoms with Gasteiger partial charge < -0.3 is 10.6 Å². The van der Waals surface area contributed by atoms with E-state index in [9.17, 15) is 0 Å². The van der Waals surface area contributed by atoms with E-state index < -0.39 is 0 Å². The molecule has 1 aliphatic rings. The van der Waals surface area contributed by atoms with Crippen LogP contribution in [0.3, 0.4) is 0 Å². The molecule has 0 amide bonds. The van der Waals surface area contributed by atoms with E-state index in [1.807, 2.05) is 18.3 Å². The van der Waals surface area contributed by atoms with Gasteiger partial charge in [-0.25, -0.2) is 0 Å². The molecule has 0 aliphatic carbocycles. The van der Waals surface area contributed by atoms with Crippen LogP contribution < -0.4 is 10.6 Å². The van der Waals surface area contributed by atoms with Crippen molar-refractivity contribution in [3.05, 3.63) is 30.5 Å². The van der Waals surface area contributed by atoms with Crippen molar-refractivity contribution in [3.8, 4) is 0 Å². The monoisotopic (exact) mass is 283 g/mol. The number of fused-ring (bicyclic) bond motifs is 1. The Bertz CT molecular complexity index is 608. The molecule has 0 bridgehead atoms. The lowest BCUT2D eigenvalue weighted by atomic mass is 9.96. The molecule has 0 radical (unpaired) electrons. The highest BCUT2D eigenvalue weighted by Crippen LogP contribution is 2.31. The van der Waals surface area contributed by atoms with E-state index in [1.54, 1.807) is 0 Å². The molecule has 2 N–H and O–H groups in total. The quantitative estimate of drug-likeness (QED) is 0.857. The van der Waals surface area contributed by atoms with Crippen LogP contribution >= 0.6 is 0 Å². The van der Waals surface area contributed by atoms with E-state index in [1.165, 1.54) is 43.2 Å². The maximum absolute atomic E-state index is 6.07. The first kappa shape index (κ1) is 14.2. The minimum atomic E-state index is 0.771. The number of para-hydroxylation sites is 1. The Morgan fingerprint density at radius 3 is 3.00 bits per heavy atom. The summed E-state index contributed by atoms with van der Waals surface area (Å²) in [5.41, 5.74) is 9.07. The number of hydrogen-bond donors (Lipinski definition) is 1. The second-order valence-electron chi connectivity index (χ2n) is 6.15. The summed E-state index contributed by atoms with van der Waals surface area (Å²) in [5.74, 6) is 0.901. The zero-order valence-corrected chi connectivity index (χ0v) is 12.9. The Balaban J connectivity index is 1.88. The van der Waals surface area contributed by atoms with E-state index in [2.05, 4.69) is 28.9 Å². The topological polar surface area (TPSA) is 42.2 Å². The van der Waals surface area contributed by atoms with Crippen molar-refractivity contribution < 1.29 is 0 Å². The van der Waals surface area contributed by atoms with Crippen molar-refractivity contribution in [1.29, 1.82) is 0 Å². The maximum Gasteiger partial charge on any atom is 0.0951 e. The van der Waals surface area contributed by atoms with Gasteiger partial charge in [0.1, 0.15) is 0 Å². The first-order valence-corrected chi connectivity index (χ1v) is 8.17. The number of benzene rings is 1. The molecule has 0 spiro atoms. The van der Waals surface area contributed by atoms with E-state index in [4.69, 9.17) is 5.73 Å². The fourth-order valence-corrected chi connectivity index (χ4v) is 3.56. The number of nitrogens with two attached hydrogens (primary N) is 1. The molecule has 21 heavy (non-hydrogen) atoms. The lowest BCUT2D eigenvalue weighted by Crippen LogP contribution is -2.24. The second kappa shape index (κ2) is 6.33. The van der Waals surface area contributed by atoms with E-state index in [-0.39, 0.29) is 0 Å². The summed E-state index contributed by atoms with van der Waals surface area (Å²) in [6, 6.07) is 8.24. The molecular weight excluding hydrogens is 258 g/mol. The summed E-state index contributed by atoms with van der Waals surface area (Å²) in [5, 5.41) is 1.19. The van der Waals surface area contributed by atoms with Crippen molar-refractivity contribution in [2.75, 3.05) is 23.7 Å². The maximum atomic E-state index is 6.07. The molecule has 1 fully saturated rings. The fourth-order valence-electron chi connectivity index (χ4n) is 3.56. The van der Waals surface area contributed by atoms with Crippen LogP contribution in [0.15, 0.2) is 30.5 Å². The van der Waals surface area contributed by atoms with Gasteiger partial charge in [0.2, 0.25) is 0 Å². The zero-order chi connectivity index (χ0) is 14.7. The molecular formula is C18H25N3. The Labute approximate surface area is 127 Å². The smallest absolute Gasteiger partial charge is 0.0951 e. The highest BCUT2D eigenvalue weighted by molar-refractivity contribution is 5.98. The fraction of sp³-hybridized carbons (Fsp3) is 0.500. The second-order valence-corrected chi connectivity index (χ2v) is 6.15. The third kappa shape index (κ3) is 2.97. The number of pyridine rings is 1. The molecule has 1 atom stereocenters. The van der Waals surface area contributed by atoms with Crippen LogP contribution in [0, 0.1) is 5.92 Å². The Morgan fingerprint density at radius 2 is 2.14 bits per heavy atom. The summed E-state index contributed by atoms with van der Waals surface area (Å²) in [7, 11) is 0. The average molecular weight is 283 g/mol. The van der Waals surface area contributed by atoms with Crippen molar-refractivity contribution in [3.63, 3.8) is 0 Å². The summed E-state index contributed by atoms with van der Waals surface area (Å²) in [6.45, 7) is 4.59. The highest BCUT2D eigenvalue weighted by Gasteiger charge is 2.18. The van der Waals surface area contributed by atoms with Crippen LogP contribution in [0.4, 0.5) is 11.4 Å². The molecule has 1 aromatic heterocycles. The van der Waals surface area contributed by atoms with Crippen molar-refractivity contribution in [2.45, 2.75) is 39.0 Å². The zero-order valence-electron chi connectivity index (χ0n) is 12.9. The molecule has 1 unspecified atom stereocenters. The van der Waals surface area contributed by atoms with Gasteiger partial charge in [-0.2, -0.15) is 0 Å². The third-order valence-electron chi connectivity index (χ3n) is 4.66. The standard InChI is InChI=1S/C18H25N3/c1-2-5-14-6-4-12-21(13-10-14)17-9-11-20-18-15(17)7-3-8-16(18)19/h3,7-9,11,14H,2,4-6,10,12-13,19H2,1H3. The number of nitrogen functional groups attached to an aromatic ring is 1. The summed E-state index contributed by atoms with van der Waals surface area (Å²) in [6.07, 6.45) is 8.53. The number of aromatic nitrogens is 1. The normalized spacial score (nSPS) is 19.7. The van der Waals surface area contributed by atoms with Crippen LogP contribution in [-0.4, -0.2) is 18.1 Å². The predicted molar refractivity (Wildman–Crippen MR) is 90.6 cm³/mol. The molecule has 112 valence electrons. The molecule has 2 heterocycles. The molecule has 3 rings (SSSR count). The van der Waals surface area contributed by atoms with E-state index in [0.717, 1.165) is 30.2 Å².